The number of halogens is 2. The second-order valence-corrected chi connectivity index (χ2v) is 6.85. The summed E-state index contributed by atoms with van der Waals surface area (Å²) in [7, 11) is 0. The first kappa shape index (κ1) is 22.9. The number of nitrogens with zero attached hydrogens (tertiary/aromatic N) is 1. The van der Waals surface area contributed by atoms with E-state index < -0.39 is 0 Å². The van der Waals surface area contributed by atoms with Gasteiger partial charge in [0.2, 0.25) is 0 Å². The summed E-state index contributed by atoms with van der Waals surface area (Å²) in [5.41, 5.74) is 1.60. The molecule has 2 heterocycles. The Morgan fingerprint density at radius 2 is 2.25 bits per heavy atom. The molecule has 1 fully saturated rings. The van der Waals surface area contributed by atoms with Gasteiger partial charge < -0.3 is 24.5 Å². The first-order valence-corrected chi connectivity index (χ1v) is 9.48. The molecule has 2 unspecified atom stereocenters. The van der Waals surface area contributed by atoms with Crippen LogP contribution >= 0.6 is 24.0 Å². The molecule has 1 aliphatic rings. The Morgan fingerprint density at radius 3 is 2.96 bits per heavy atom. The van der Waals surface area contributed by atoms with E-state index in [0.717, 1.165) is 36.3 Å². The normalized spacial score (nSPS) is 18.1. The molecule has 156 valence electrons. The molecule has 0 spiro atoms. The Bertz CT molecular complexity index is 790. The van der Waals surface area contributed by atoms with Crippen LogP contribution in [0.4, 0.5) is 4.39 Å². The van der Waals surface area contributed by atoms with Gasteiger partial charge in [-0.2, -0.15) is 0 Å². The lowest BCUT2D eigenvalue weighted by Crippen LogP contribution is -2.44. The molecule has 0 aliphatic carbocycles. The van der Waals surface area contributed by atoms with E-state index in [-0.39, 0.29) is 41.9 Å². The molecule has 0 bridgehead atoms. The van der Waals surface area contributed by atoms with Crippen LogP contribution in [-0.2, 0) is 16.0 Å². The van der Waals surface area contributed by atoms with Gasteiger partial charge in [-0.25, -0.2) is 9.38 Å². The second-order valence-electron chi connectivity index (χ2n) is 6.85. The number of fused-ring (bicyclic) bond motifs is 1. The third-order valence-electron chi connectivity index (χ3n) is 4.57. The zero-order valence-corrected chi connectivity index (χ0v) is 18.9. The average molecular weight is 505 g/mol. The number of aryl methyl sites for hydroxylation is 1. The number of benzene rings is 1. The Balaban J connectivity index is 0.00000280. The van der Waals surface area contributed by atoms with E-state index in [1.165, 1.54) is 12.1 Å². The SMILES string of the molecule is CCNC(=NCc1oc2ccc(F)cc2c1C)NC(C)COC1CCOC1.I. The molecule has 3 rings (SSSR count). The molecule has 1 saturated heterocycles. The van der Waals surface area contributed by atoms with Gasteiger partial charge in [0.1, 0.15) is 23.7 Å². The van der Waals surface area contributed by atoms with Gasteiger partial charge in [0, 0.05) is 30.1 Å². The first-order chi connectivity index (χ1) is 13.1. The predicted molar refractivity (Wildman–Crippen MR) is 119 cm³/mol. The van der Waals surface area contributed by atoms with Crippen molar-refractivity contribution in [3.05, 3.63) is 35.3 Å². The number of hydrogen-bond donors (Lipinski definition) is 2. The Morgan fingerprint density at radius 1 is 1.43 bits per heavy atom. The predicted octanol–water partition coefficient (Wildman–Crippen LogP) is 3.75. The third-order valence-corrected chi connectivity index (χ3v) is 4.57. The minimum absolute atomic E-state index is 0. The molecule has 2 atom stereocenters. The lowest BCUT2D eigenvalue weighted by atomic mass is 10.1. The van der Waals surface area contributed by atoms with Crippen LogP contribution < -0.4 is 10.6 Å². The van der Waals surface area contributed by atoms with Gasteiger partial charge >= 0.3 is 0 Å². The number of hydrogen-bond acceptors (Lipinski definition) is 4. The molecule has 0 radical (unpaired) electrons. The largest absolute Gasteiger partial charge is 0.459 e. The zero-order chi connectivity index (χ0) is 19.2. The lowest BCUT2D eigenvalue weighted by molar-refractivity contribution is 0.0347. The molecule has 28 heavy (non-hydrogen) atoms. The van der Waals surface area contributed by atoms with Crippen molar-refractivity contribution < 1.29 is 18.3 Å². The number of nitrogens with one attached hydrogen (secondary N) is 2. The summed E-state index contributed by atoms with van der Waals surface area (Å²) in [6.45, 7) is 9.16. The molecule has 1 aliphatic heterocycles. The number of furan rings is 1. The third kappa shape index (κ3) is 6.05. The van der Waals surface area contributed by atoms with Gasteiger partial charge in [0.05, 0.1) is 19.3 Å². The molecule has 8 heteroatoms. The molecular weight excluding hydrogens is 476 g/mol. The fraction of sp³-hybridized carbons (Fsp3) is 0.550. The average Bonchev–Trinajstić information content (AvgIpc) is 3.27. The maximum absolute atomic E-state index is 13.5. The smallest absolute Gasteiger partial charge is 0.191 e. The molecule has 0 amide bonds. The molecule has 6 nitrogen and oxygen atoms in total. The summed E-state index contributed by atoms with van der Waals surface area (Å²) in [6, 6.07) is 4.66. The van der Waals surface area contributed by atoms with E-state index in [1.807, 2.05) is 13.8 Å². The minimum Gasteiger partial charge on any atom is -0.459 e. The Kier molecular flexibility index (Phi) is 8.97. The Hall–Kier alpha value is -1.39. The summed E-state index contributed by atoms with van der Waals surface area (Å²) in [5, 5.41) is 7.37. The highest BCUT2D eigenvalue weighted by atomic mass is 127. The lowest BCUT2D eigenvalue weighted by Gasteiger charge is -2.19. The van der Waals surface area contributed by atoms with Crippen molar-refractivity contribution in [3.63, 3.8) is 0 Å². The topological polar surface area (TPSA) is 68.0 Å². The summed E-state index contributed by atoms with van der Waals surface area (Å²) in [6.07, 6.45) is 1.14. The van der Waals surface area contributed by atoms with Crippen LogP contribution in [-0.4, -0.2) is 44.5 Å². The highest BCUT2D eigenvalue weighted by molar-refractivity contribution is 14.0. The van der Waals surface area contributed by atoms with E-state index in [9.17, 15) is 4.39 Å². The van der Waals surface area contributed by atoms with Gasteiger partial charge in [-0.3, -0.25) is 0 Å². The summed E-state index contributed by atoms with van der Waals surface area (Å²) < 4.78 is 30.5. The van der Waals surface area contributed by atoms with Gasteiger partial charge in [-0.15, -0.1) is 24.0 Å². The maximum Gasteiger partial charge on any atom is 0.191 e. The van der Waals surface area contributed by atoms with Crippen LogP contribution in [0.5, 0.6) is 0 Å². The van der Waals surface area contributed by atoms with Crippen LogP contribution in [0.15, 0.2) is 27.6 Å². The molecule has 1 aromatic heterocycles. The summed E-state index contributed by atoms with van der Waals surface area (Å²) in [5.74, 6) is 1.17. The van der Waals surface area contributed by atoms with Crippen molar-refractivity contribution in [3.8, 4) is 0 Å². The van der Waals surface area contributed by atoms with Crippen molar-refractivity contribution in [1.82, 2.24) is 10.6 Å². The molecule has 0 saturated carbocycles. The van der Waals surface area contributed by atoms with Crippen molar-refractivity contribution in [2.75, 3.05) is 26.4 Å². The van der Waals surface area contributed by atoms with Crippen LogP contribution in [0.2, 0.25) is 0 Å². The van der Waals surface area contributed by atoms with Crippen molar-refractivity contribution >= 4 is 40.9 Å². The van der Waals surface area contributed by atoms with E-state index in [1.54, 1.807) is 6.07 Å². The number of ether oxygens (including phenoxy) is 2. The number of guanidine groups is 1. The number of rotatable bonds is 7. The van der Waals surface area contributed by atoms with Crippen LogP contribution in [0.25, 0.3) is 11.0 Å². The Labute approximate surface area is 182 Å². The van der Waals surface area contributed by atoms with Gasteiger partial charge in [-0.1, -0.05) is 0 Å². The zero-order valence-electron chi connectivity index (χ0n) is 16.6. The maximum atomic E-state index is 13.5. The quantitative estimate of drug-likeness (QED) is 0.341. The molecule has 1 aromatic carbocycles. The monoisotopic (exact) mass is 505 g/mol. The van der Waals surface area contributed by atoms with Gasteiger partial charge in [-0.05, 0) is 45.4 Å². The highest BCUT2D eigenvalue weighted by Crippen LogP contribution is 2.26. The van der Waals surface area contributed by atoms with E-state index >= 15 is 0 Å². The fourth-order valence-corrected chi connectivity index (χ4v) is 3.07. The van der Waals surface area contributed by atoms with Crippen molar-refractivity contribution in [2.45, 2.75) is 45.9 Å². The van der Waals surface area contributed by atoms with Crippen LogP contribution in [0.3, 0.4) is 0 Å². The van der Waals surface area contributed by atoms with Gasteiger partial charge in [0.25, 0.3) is 0 Å². The van der Waals surface area contributed by atoms with Crippen molar-refractivity contribution in [1.29, 1.82) is 0 Å². The van der Waals surface area contributed by atoms with E-state index in [0.29, 0.717) is 31.3 Å². The summed E-state index contributed by atoms with van der Waals surface area (Å²) in [4.78, 5) is 4.61. The second kappa shape index (κ2) is 11.0. The molecule has 2 aromatic rings. The molecular formula is C20H29FIN3O3. The summed E-state index contributed by atoms with van der Waals surface area (Å²) >= 11 is 0. The molecule has 2 N–H and O–H groups in total. The van der Waals surface area contributed by atoms with Crippen LogP contribution in [0.1, 0.15) is 31.6 Å². The van der Waals surface area contributed by atoms with Crippen molar-refractivity contribution in [2.24, 2.45) is 4.99 Å². The highest BCUT2D eigenvalue weighted by Gasteiger charge is 2.17. The first-order valence-electron chi connectivity index (χ1n) is 9.48. The van der Waals surface area contributed by atoms with E-state index in [4.69, 9.17) is 13.9 Å². The number of aliphatic imine (C=N–C) groups is 1. The van der Waals surface area contributed by atoms with Crippen LogP contribution in [0, 0.1) is 12.7 Å². The van der Waals surface area contributed by atoms with Gasteiger partial charge in [0.15, 0.2) is 5.96 Å². The van der Waals surface area contributed by atoms with E-state index in [2.05, 4.69) is 22.5 Å². The fourth-order valence-electron chi connectivity index (χ4n) is 3.07. The standard InChI is InChI=1S/C20H28FN3O3.HI/c1-4-22-20(24-13(2)11-26-16-7-8-25-12-16)23-10-19-14(3)17-9-15(21)5-6-18(17)27-19;/h5-6,9,13,16H,4,7-8,10-12H2,1-3H3,(H2,22,23,24);1H. The minimum atomic E-state index is -0.266.